The van der Waals surface area contributed by atoms with Crippen molar-refractivity contribution >= 4 is 30.6 Å². The van der Waals surface area contributed by atoms with E-state index in [4.69, 9.17) is 0 Å². The Kier molecular flexibility index (Phi) is 13.4. The number of rotatable bonds is 8. The van der Waals surface area contributed by atoms with Crippen LogP contribution in [0.1, 0.15) is 25.8 Å². The Morgan fingerprint density at radius 2 is 1.75 bits per heavy atom. The van der Waals surface area contributed by atoms with Gasteiger partial charge >= 0.3 is 0 Å². The molecule has 136 valence electrons. The van der Waals surface area contributed by atoms with Crippen molar-refractivity contribution in [3.8, 4) is 5.69 Å². The van der Waals surface area contributed by atoms with Gasteiger partial charge in [-0.3, -0.25) is 4.79 Å². The van der Waals surface area contributed by atoms with E-state index in [-0.39, 0.29) is 30.3 Å². The van der Waals surface area contributed by atoms with Crippen LogP contribution in [0.25, 0.3) is 5.69 Å². The molecule has 0 saturated carbocycles. The fraction of sp³-hybridized carbons (Fsp3) is 0.412. The van der Waals surface area contributed by atoms with Crippen molar-refractivity contribution in [1.82, 2.24) is 14.5 Å². The summed E-state index contributed by atoms with van der Waals surface area (Å²) in [6, 6.07) is 8.08. The van der Waals surface area contributed by atoms with Gasteiger partial charge in [-0.1, -0.05) is 26.0 Å². The molecule has 5 nitrogen and oxygen atoms in total. The molecule has 0 atom stereocenters. The number of Topliss-reactive ketones (excluding diaryl/α,β-unsaturated/α-hetero) is 1. The number of halogens is 2. The molecule has 0 aliphatic heterocycles. The minimum atomic E-state index is 0. The van der Waals surface area contributed by atoms with E-state index in [0.29, 0.717) is 18.6 Å². The summed E-state index contributed by atoms with van der Waals surface area (Å²) in [6.45, 7) is 7.12. The zero-order valence-electron chi connectivity index (χ0n) is 14.1. The number of imidazole rings is 1. The summed E-state index contributed by atoms with van der Waals surface area (Å²) >= 11 is 0. The van der Waals surface area contributed by atoms with Gasteiger partial charge in [-0.2, -0.15) is 0 Å². The van der Waals surface area contributed by atoms with E-state index in [1.54, 1.807) is 12.5 Å². The zero-order valence-corrected chi connectivity index (χ0v) is 15.8. The van der Waals surface area contributed by atoms with Crippen LogP contribution in [0.5, 0.6) is 0 Å². The first-order valence-electron chi connectivity index (χ1n) is 7.54. The molecule has 2 N–H and O–H groups in total. The normalized spacial score (nSPS) is 9.62. The summed E-state index contributed by atoms with van der Waals surface area (Å²) in [5.74, 6) is 0.303. The lowest BCUT2D eigenvalue weighted by molar-refractivity contribution is -0.118. The second kappa shape index (κ2) is 13.0. The fourth-order valence-corrected chi connectivity index (χ4v) is 2.34. The van der Waals surface area contributed by atoms with Crippen molar-refractivity contribution in [3.63, 3.8) is 0 Å². The van der Waals surface area contributed by atoms with Gasteiger partial charge in [0.15, 0.2) is 0 Å². The summed E-state index contributed by atoms with van der Waals surface area (Å²) in [7, 11) is 0. The third-order valence-corrected chi connectivity index (χ3v) is 3.74. The molecule has 0 unspecified atom stereocenters. The first-order valence-corrected chi connectivity index (χ1v) is 7.54. The van der Waals surface area contributed by atoms with Gasteiger partial charge in [-0.05, 0) is 30.8 Å². The quantitative estimate of drug-likeness (QED) is 0.711. The molecule has 0 spiro atoms. The highest BCUT2D eigenvalue weighted by Gasteiger charge is 2.07. The highest BCUT2D eigenvalue weighted by atomic mass is 35.5. The average Bonchev–Trinajstić information content (AvgIpc) is 3.03. The number of hydrogen-bond acceptors (Lipinski definition) is 3. The number of benzene rings is 1. The summed E-state index contributed by atoms with van der Waals surface area (Å²) < 4.78 is 1.95. The van der Waals surface area contributed by atoms with Gasteiger partial charge in [0.25, 0.3) is 0 Å². The first-order chi connectivity index (χ1) is 10.2. The fourth-order valence-electron chi connectivity index (χ4n) is 2.34. The Morgan fingerprint density at radius 3 is 2.25 bits per heavy atom. The molecular formula is C17H27Cl2N3O2. The molecule has 0 fully saturated rings. The van der Waals surface area contributed by atoms with Crippen molar-refractivity contribution in [2.75, 3.05) is 19.6 Å². The molecule has 7 heteroatoms. The maximum absolute atomic E-state index is 12.0. The van der Waals surface area contributed by atoms with E-state index in [2.05, 4.69) is 23.7 Å². The Hall–Kier alpha value is -1.40. The van der Waals surface area contributed by atoms with Gasteiger partial charge in [0.1, 0.15) is 5.78 Å². The van der Waals surface area contributed by atoms with Gasteiger partial charge in [0.2, 0.25) is 0 Å². The lowest BCUT2D eigenvalue weighted by atomic mass is 10.1. The number of carbonyl (C=O) groups is 1. The molecule has 2 rings (SSSR count). The van der Waals surface area contributed by atoms with Gasteiger partial charge < -0.3 is 14.9 Å². The molecule has 24 heavy (non-hydrogen) atoms. The lowest BCUT2D eigenvalue weighted by Crippen LogP contribution is -2.26. The largest absolute Gasteiger partial charge is 0.412 e. The lowest BCUT2D eigenvalue weighted by Gasteiger charge is -2.17. The molecule has 0 aliphatic rings. The smallest absolute Gasteiger partial charge is 0.138 e. The molecule has 0 radical (unpaired) electrons. The van der Waals surface area contributed by atoms with Gasteiger partial charge in [0, 0.05) is 37.5 Å². The highest BCUT2D eigenvalue weighted by Crippen LogP contribution is 2.10. The van der Waals surface area contributed by atoms with Gasteiger partial charge in [-0.25, -0.2) is 4.98 Å². The summed E-state index contributed by atoms with van der Waals surface area (Å²) in [4.78, 5) is 18.3. The molecule has 0 amide bonds. The van der Waals surface area contributed by atoms with E-state index < -0.39 is 0 Å². The van der Waals surface area contributed by atoms with Crippen molar-refractivity contribution in [2.24, 2.45) is 0 Å². The van der Waals surface area contributed by atoms with E-state index in [9.17, 15) is 4.79 Å². The molecule has 0 saturated heterocycles. The Labute approximate surface area is 156 Å². The first kappa shape index (κ1) is 24.8. The second-order valence-electron chi connectivity index (χ2n) is 5.13. The Balaban J connectivity index is 0. The van der Waals surface area contributed by atoms with Crippen molar-refractivity contribution in [3.05, 3.63) is 48.5 Å². The van der Waals surface area contributed by atoms with Crippen molar-refractivity contribution < 1.29 is 10.3 Å². The summed E-state index contributed by atoms with van der Waals surface area (Å²) in [5.41, 5.74) is 2.13. The minimum absolute atomic E-state index is 0. The molecule has 2 aromatic rings. The van der Waals surface area contributed by atoms with Gasteiger partial charge in [0.05, 0.1) is 6.33 Å². The molecule has 0 bridgehead atoms. The summed E-state index contributed by atoms with van der Waals surface area (Å²) in [5, 5.41) is 0. The predicted molar refractivity (Wildman–Crippen MR) is 103 cm³/mol. The van der Waals surface area contributed by atoms with E-state index in [0.717, 1.165) is 30.9 Å². The number of carbonyl (C=O) groups excluding carboxylic acids is 1. The zero-order chi connectivity index (χ0) is 15.1. The van der Waals surface area contributed by atoms with E-state index in [1.165, 1.54) is 0 Å². The third-order valence-electron chi connectivity index (χ3n) is 3.74. The Bertz CT molecular complexity index is 556. The summed E-state index contributed by atoms with van der Waals surface area (Å²) in [6.07, 6.45) is 6.58. The van der Waals surface area contributed by atoms with Crippen LogP contribution < -0.4 is 0 Å². The SMILES string of the molecule is CCN(CC)CCC(=O)Cc1ccc(-n2ccnc2)cc1.Cl.Cl.O. The number of hydrogen-bond donors (Lipinski definition) is 0. The molecule has 1 heterocycles. The third kappa shape index (κ3) is 7.45. The number of ketones is 1. The highest BCUT2D eigenvalue weighted by molar-refractivity contribution is 5.85. The minimum Gasteiger partial charge on any atom is -0.412 e. The Morgan fingerprint density at radius 1 is 1.12 bits per heavy atom. The molecule has 0 aliphatic carbocycles. The van der Waals surface area contributed by atoms with Gasteiger partial charge in [-0.15, -0.1) is 24.8 Å². The molecule has 1 aromatic carbocycles. The maximum atomic E-state index is 12.0. The average molecular weight is 376 g/mol. The topological polar surface area (TPSA) is 69.6 Å². The van der Waals surface area contributed by atoms with Crippen molar-refractivity contribution in [2.45, 2.75) is 26.7 Å². The molecule has 1 aromatic heterocycles. The van der Waals surface area contributed by atoms with Crippen LogP contribution in [0.4, 0.5) is 0 Å². The predicted octanol–water partition coefficient (Wildman–Crippen LogP) is 2.73. The van der Waals surface area contributed by atoms with Crippen LogP contribution in [0.15, 0.2) is 43.0 Å². The maximum Gasteiger partial charge on any atom is 0.138 e. The number of nitrogens with zero attached hydrogens (tertiary/aromatic N) is 3. The van der Waals surface area contributed by atoms with Crippen LogP contribution in [0, 0.1) is 0 Å². The standard InChI is InChI=1S/C17H23N3O.2ClH.H2O/c1-3-19(4-2)11-9-17(21)13-15-5-7-16(8-6-15)20-12-10-18-14-20;;;/h5-8,10,12,14H,3-4,9,11,13H2,1-2H3;2*1H;1H2. The molecular weight excluding hydrogens is 349 g/mol. The van der Waals surface area contributed by atoms with E-state index in [1.807, 2.05) is 35.0 Å². The monoisotopic (exact) mass is 375 g/mol. The van der Waals surface area contributed by atoms with Crippen LogP contribution in [-0.2, 0) is 11.2 Å². The van der Waals surface area contributed by atoms with Crippen LogP contribution >= 0.6 is 24.8 Å². The van der Waals surface area contributed by atoms with Crippen LogP contribution in [-0.4, -0.2) is 45.3 Å². The van der Waals surface area contributed by atoms with Crippen LogP contribution in [0.3, 0.4) is 0 Å². The van der Waals surface area contributed by atoms with Crippen LogP contribution in [0.2, 0.25) is 0 Å². The number of aromatic nitrogens is 2. The van der Waals surface area contributed by atoms with E-state index >= 15 is 0 Å². The van der Waals surface area contributed by atoms with Crippen molar-refractivity contribution in [1.29, 1.82) is 0 Å². The second-order valence-corrected chi connectivity index (χ2v) is 5.13.